The van der Waals surface area contributed by atoms with E-state index < -0.39 is 6.10 Å². The Morgan fingerprint density at radius 1 is 1.45 bits per heavy atom. The van der Waals surface area contributed by atoms with Crippen molar-refractivity contribution in [3.05, 3.63) is 35.0 Å². The average Bonchev–Trinajstić information content (AvgIpc) is 2.90. The largest absolute Gasteiger partial charge is 0.510 e. The maximum absolute atomic E-state index is 10.1. The fourth-order valence-electron chi connectivity index (χ4n) is 2.31. The van der Waals surface area contributed by atoms with Gasteiger partial charge in [-0.15, -0.1) is 11.3 Å². The quantitative estimate of drug-likeness (QED) is 0.809. The highest BCUT2D eigenvalue weighted by Gasteiger charge is 2.30. The molecule has 1 aromatic carbocycles. The minimum absolute atomic E-state index is 0.148. The first-order valence-electron chi connectivity index (χ1n) is 6.36. The highest BCUT2D eigenvalue weighted by Crippen LogP contribution is 2.32. The van der Waals surface area contributed by atoms with Crippen molar-refractivity contribution in [1.29, 1.82) is 5.41 Å². The predicted octanol–water partition coefficient (Wildman–Crippen LogP) is 2.24. The molecule has 3 N–H and O–H groups in total. The van der Waals surface area contributed by atoms with Crippen molar-refractivity contribution in [2.24, 2.45) is 0 Å². The van der Waals surface area contributed by atoms with Crippen LogP contribution < -0.4 is 0 Å². The number of aliphatic hydroxyl groups is 2. The van der Waals surface area contributed by atoms with E-state index in [4.69, 9.17) is 5.41 Å². The summed E-state index contributed by atoms with van der Waals surface area (Å²) in [5, 5.41) is 28.4. The lowest BCUT2D eigenvalue weighted by atomic mass is 10.2. The van der Waals surface area contributed by atoms with Gasteiger partial charge in [-0.3, -0.25) is 5.41 Å². The molecule has 20 heavy (non-hydrogen) atoms. The molecule has 1 atom stereocenters. The van der Waals surface area contributed by atoms with Gasteiger partial charge >= 0.3 is 0 Å². The molecule has 0 fully saturated rings. The first kappa shape index (κ1) is 13.1. The Labute approximate surface area is 120 Å². The number of amidine groups is 1. The average molecular weight is 289 g/mol. The van der Waals surface area contributed by atoms with Gasteiger partial charge in [0, 0.05) is 6.54 Å². The van der Waals surface area contributed by atoms with Crippen molar-refractivity contribution < 1.29 is 10.2 Å². The normalized spacial score (nSPS) is 17.3. The van der Waals surface area contributed by atoms with Gasteiger partial charge < -0.3 is 15.1 Å². The third-order valence-corrected chi connectivity index (χ3v) is 4.23. The molecule has 1 aromatic heterocycles. The summed E-state index contributed by atoms with van der Waals surface area (Å²) in [5.41, 5.74) is 1.35. The second-order valence-corrected chi connectivity index (χ2v) is 5.92. The Kier molecular flexibility index (Phi) is 3.19. The van der Waals surface area contributed by atoms with E-state index in [0.717, 1.165) is 10.2 Å². The minimum Gasteiger partial charge on any atom is -0.510 e. The van der Waals surface area contributed by atoms with Gasteiger partial charge in [0.25, 0.3) is 0 Å². The molecule has 6 heteroatoms. The number of aromatic nitrogens is 1. The minimum atomic E-state index is -0.544. The maximum Gasteiger partial charge on any atom is 0.135 e. The molecule has 104 valence electrons. The molecule has 1 aliphatic rings. The number of benzene rings is 1. The van der Waals surface area contributed by atoms with Crippen LogP contribution in [-0.4, -0.2) is 45.1 Å². The lowest BCUT2D eigenvalue weighted by Gasteiger charge is -2.19. The first-order valence-corrected chi connectivity index (χ1v) is 7.18. The number of hydrogen-bond acceptors (Lipinski definition) is 5. The number of thiazole rings is 1. The number of hydrogen-bond donors (Lipinski definition) is 3. The summed E-state index contributed by atoms with van der Waals surface area (Å²) < 4.78 is 1.03. The summed E-state index contributed by atoms with van der Waals surface area (Å²) in [7, 11) is 0. The van der Waals surface area contributed by atoms with Crippen molar-refractivity contribution >= 4 is 33.0 Å². The molecule has 0 saturated carbocycles. The number of fused-ring (bicyclic) bond motifs is 1. The summed E-state index contributed by atoms with van der Waals surface area (Å²) in [6.07, 6.45) is -0.544. The van der Waals surface area contributed by atoms with Crippen LogP contribution in [0.5, 0.6) is 0 Å². The van der Waals surface area contributed by atoms with Crippen LogP contribution in [0.4, 0.5) is 0 Å². The van der Waals surface area contributed by atoms with Gasteiger partial charge in [0.05, 0.1) is 28.4 Å². The Hall–Kier alpha value is -1.92. The SMILES string of the molecule is C[C@@H](O)CN1CC(O)=C(c2nc3ccccc3s2)C1=N. The van der Waals surface area contributed by atoms with Gasteiger partial charge in [-0.05, 0) is 19.1 Å². The van der Waals surface area contributed by atoms with E-state index in [9.17, 15) is 10.2 Å². The summed E-state index contributed by atoms with van der Waals surface area (Å²) in [6.45, 7) is 2.26. The zero-order chi connectivity index (χ0) is 14.3. The molecule has 3 rings (SSSR count). The molecule has 5 nitrogen and oxygen atoms in total. The lowest BCUT2D eigenvalue weighted by molar-refractivity contribution is 0.160. The fraction of sp³-hybridized carbons (Fsp3) is 0.286. The first-order chi connectivity index (χ1) is 9.56. The van der Waals surface area contributed by atoms with E-state index in [1.807, 2.05) is 24.3 Å². The van der Waals surface area contributed by atoms with E-state index in [1.165, 1.54) is 11.3 Å². The Morgan fingerprint density at radius 3 is 2.90 bits per heavy atom. The topological polar surface area (TPSA) is 80.4 Å². The molecule has 0 aliphatic carbocycles. The Balaban J connectivity index is 1.97. The molecule has 2 aromatic rings. The van der Waals surface area contributed by atoms with Crippen molar-refractivity contribution in [2.45, 2.75) is 13.0 Å². The van der Waals surface area contributed by atoms with Gasteiger partial charge in [0.1, 0.15) is 16.6 Å². The molecule has 0 bridgehead atoms. The van der Waals surface area contributed by atoms with Crippen LogP contribution in [0, 0.1) is 5.41 Å². The van der Waals surface area contributed by atoms with Crippen LogP contribution in [0.3, 0.4) is 0 Å². The second-order valence-electron chi connectivity index (χ2n) is 4.89. The van der Waals surface area contributed by atoms with Crippen LogP contribution in [0.25, 0.3) is 15.8 Å². The monoisotopic (exact) mass is 289 g/mol. The highest BCUT2D eigenvalue weighted by atomic mass is 32.1. The molecule has 0 radical (unpaired) electrons. The lowest BCUT2D eigenvalue weighted by Crippen LogP contribution is -2.33. The zero-order valence-electron chi connectivity index (χ0n) is 11.0. The number of β-amino-alcohol motifs (C(OH)–C–C–N with tert-alkyl or cyclic N) is 1. The molecule has 0 amide bonds. The van der Waals surface area contributed by atoms with Crippen molar-refractivity contribution in [3.8, 4) is 0 Å². The van der Waals surface area contributed by atoms with Crippen molar-refractivity contribution in [3.63, 3.8) is 0 Å². The second kappa shape index (κ2) is 4.88. The smallest absolute Gasteiger partial charge is 0.135 e. The number of para-hydroxylation sites is 1. The Morgan fingerprint density at radius 2 is 2.20 bits per heavy atom. The maximum atomic E-state index is 10.1. The Bertz CT molecular complexity index is 672. The van der Waals surface area contributed by atoms with Crippen LogP contribution in [0.15, 0.2) is 30.0 Å². The van der Waals surface area contributed by atoms with Crippen LogP contribution >= 0.6 is 11.3 Å². The standard InChI is InChI=1S/C14H15N3O2S/c1-8(18)6-17-7-10(19)12(13(17)15)14-16-9-4-2-3-5-11(9)20-14/h2-5,8,15,18-19H,6-7H2,1H3/t8-/m1/s1. The molecule has 0 unspecified atom stereocenters. The molecule has 0 spiro atoms. The third-order valence-electron chi connectivity index (χ3n) is 3.17. The van der Waals surface area contributed by atoms with E-state index in [2.05, 4.69) is 4.98 Å². The number of nitrogens with zero attached hydrogens (tertiary/aromatic N) is 2. The van der Waals surface area contributed by atoms with Crippen LogP contribution in [0.1, 0.15) is 11.9 Å². The van der Waals surface area contributed by atoms with Gasteiger partial charge in [0.2, 0.25) is 0 Å². The molecule has 0 saturated heterocycles. The molecular weight excluding hydrogens is 274 g/mol. The molecule has 1 aliphatic heterocycles. The van der Waals surface area contributed by atoms with Gasteiger partial charge in [0.15, 0.2) is 0 Å². The predicted molar refractivity (Wildman–Crippen MR) is 80.1 cm³/mol. The van der Waals surface area contributed by atoms with Crippen molar-refractivity contribution in [1.82, 2.24) is 9.88 Å². The highest BCUT2D eigenvalue weighted by molar-refractivity contribution is 7.19. The summed E-state index contributed by atoms with van der Waals surface area (Å²) in [5.74, 6) is 0.372. The van der Waals surface area contributed by atoms with E-state index in [-0.39, 0.29) is 18.1 Å². The third kappa shape index (κ3) is 2.17. The number of aliphatic hydroxyl groups excluding tert-OH is 2. The van der Waals surface area contributed by atoms with Crippen LogP contribution in [-0.2, 0) is 0 Å². The van der Waals surface area contributed by atoms with Gasteiger partial charge in [-0.25, -0.2) is 4.98 Å². The number of rotatable bonds is 3. The van der Waals surface area contributed by atoms with E-state index in [1.54, 1.807) is 11.8 Å². The van der Waals surface area contributed by atoms with Crippen molar-refractivity contribution in [2.75, 3.05) is 13.1 Å². The van der Waals surface area contributed by atoms with E-state index >= 15 is 0 Å². The summed E-state index contributed by atoms with van der Waals surface area (Å²) in [6, 6.07) is 7.75. The molecule has 2 heterocycles. The summed E-state index contributed by atoms with van der Waals surface area (Å²) >= 11 is 1.46. The van der Waals surface area contributed by atoms with E-state index in [0.29, 0.717) is 17.1 Å². The zero-order valence-corrected chi connectivity index (χ0v) is 11.8. The molecular formula is C14H15N3O2S. The fourth-order valence-corrected chi connectivity index (χ4v) is 3.35. The summed E-state index contributed by atoms with van der Waals surface area (Å²) in [4.78, 5) is 6.13. The number of nitrogens with one attached hydrogen (secondary N) is 1. The van der Waals surface area contributed by atoms with Gasteiger partial charge in [-0.2, -0.15) is 0 Å². The van der Waals surface area contributed by atoms with Crippen LogP contribution in [0.2, 0.25) is 0 Å². The van der Waals surface area contributed by atoms with Gasteiger partial charge in [-0.1, -0.05) is 12.1 Å².